The van der Waals surface area contributed by atoms with Crippen molar-refractivity contribution in [3.63, 3.8) is 0 Å². The van der Waals surface area contributed by atoms with Gasteiger partial charge in [-0.15, -0.1) is 0 Å². The summed E-state index contributed by atoms with van der Waals surface area (Å²) < 4.78 is 5.80. The van der Waals surface area contributed by atoms with Crippen molar-refractivity contribution in [2.45, 2.75) is 26.9 Å². The van der Waals surface area contributed by atoms with E-state index in [1.807, 2.05) is 44.2 Å². The number of rotatable bonds is 4. The quantitative estimate of drug-likeness (QED) is 0.765. The number of pyridine rings is 1. The van der Waals surface area contributed by atoms with Crippen LogP contribution in [0.2, 0.25) is 0 Å². The largest absolute Gasteiger partial charge is 0.479 e. The van der Waals surface area contributed by atoms with Crippen LogP contribution in [0.4, 0.5) is 5.69 Å². The number of para-hydroxylation sites is 1. The Morgan fingerprint density at radius 3 is 2.72 bits per heavy atom. The third-order valence-corrected chi connectivity index (χ3v) is 4.04. The van der Waals surface area contributed by atoms with Crippen LogP contribution in [0.15, 0.2) is 53.3 Å². The molecule has 0 bridgehead atoms. The molecule has 0 fully saturated rings. The van der Waals surface area contributed by atoms with E-state index in [4.69, 9.17) is 4.74 Å². The van der Waals surface area contributed by atoms with Crippen molar-refractivity contribution in [1.29, 1.82) is 0 Å². The standard InChI is InChI=1S/C20H20N2O3/c1-12-7-8-13(2)16(11-12)21-20(24)14(3)25-17-6-4-5-15-9-10-18(23)22-19(15)17/h4-11,14H,1-3H3,(H,21,24)(H,22,23). The molecule has 3 rings (SSSR count). The number of aromatic nitrogens is 1. The number of H-pyrrole nitrogens is 1. The van der Waals surface area contributed by atoms with Gasteiger partial charge in [-0.05, 0) is 50.1 Å². The number of amides is 1. The van der Waals surface area contributed by atoms with E-state index >= 15 is 0 Å². The molecule has 5 heteroatoms. The highest BCUT2D eigenvalue weighted by molar-refractivity contribution is 5.95. The number of hydrogen-bond donors (Lipinski definition) is 2. The van der Waals surface area contributed by atoms with Crippen LogP contribution < -0.4 is 15.6 Å². The molecule has 0 radical (unpaired) electrons. The van der Waals surface area contributed by atoms with Gasteiger partial charge in [0.25, 0.3) is 5.91 Å². The van der Waals surface area contributed by atoms with E-state index in [1.54, 1.807) is 19.1 Å². The van der Waals surface area contributed by atoms with Gasteiger partial charge in [-0.2, -0.15) is 0 Å². The first-order valence-corrected chi connectivity index (χ1v) is 8.11. The van der Waals surface area contributed by atoms with Crippen LogP contribution in [0.25, 0.3) is 10.9 Å². The zero-order chi connectivity index (χ0) is 18.0. The Bertz CT molecular complexity index is 992. The normalized spacial score (nSPS) is 12.0. The van der Waals surface area contributed by atoms with Crippen LogP contribution in [0.3, 0.4) is 0 Å². The minimum absolute atomic E-state index is 0.212. The number of carbonyl (C=O) groups excluding carboxylic acids is 1. The first-order valence-electron chi connectivity index (χ1n) is 8.11. The topological polar surface area (TPSA) is 71.2 Å². The Hall–Kier alpha value is -3.08. The van der Waals surface area contributed by atoms with Crippen LogP contribution in [-0.2, 0) is 4.79 Å². The number of hydrogen-bond acceptors (Lipinski definition) is 3. The van der Waals surface area contributed by atoms with E-state index in [-0.39, 0.29) is 11.5 Å². The number of benzene rings is 2. The van der Waals surface area contributed by atoms with Gasteiger partial charge < -0.3 is 15.0 Å². The third-order valence-electron chi connectivity index (χ3n) is 4.04. The number of aryl methyl sites for hydroxylation is 2. The van der Waals surface area contributed by atoms with Gasteiger partial charge in [-0.1, -0.05) is 24.3 Å². The highest BCUT2D eigenvalue weighted by Crippen LogP contribution is 2.24. The fraction of sp³-hybridized carbons (Fsp3) is 0.200. The van der Waals surface area contributed by atoms with E-state index < -0.39 is 6.10 Å². The zero-order valence-electron chi connectivity index (χ0n) is 14.4. The molecule has 25 heavy (non-hydrogen) atoms. The summed E-state index contributed by atoms with van der Waals surface area (Å²) in [6.45, 7) is 5.60. The Labute approximate surface area is 145 Å². The van der Waals surface area contributed by atoms with Crippen molar-refractivity contribution in [3.05, 3.63) is 70.0 Å². The lowest BCUT2D eigenvalue weighted by molar-refractivity contribution is -0.122. The summed E-state index contributed by atoms with van der Waals surface area (Å²) >= 11 is 0. The second kappa shape index (κ2) is 6.81. The molecule has 1 atom stereocenters. The number of carbonyl (C=O) groups is 1. The number of aromatic amines is 1. The Kier molecular flexibility index (Phi) is 4.57. The number of anilines is 1. The predicted octanol–water partition coefficient (Wildman–Crippen LogP) is 3.55. The van der Waals surface area contributed by atoms with Gasteiger partial charge in [0.1, 0.15) is 5.75 Å². The maximum Gasteiger partial charge on any atom is 0.265 e. The van der Waals surface area contributed by atoms with Crippen molar-refractivity contribution in [3.8, 4) is 5.75 Å². The SMILES string of the molecule is Cc1ccc(C)c(NC(=O)C(C)Oc2cccc3ccc(=O)[nH]c23)c1. The lowest BCUT2D eigenvalue weighted by Gasteiger charge is -2.17. The number of nitrogens with one attached hydrogen (secondary N) is 2. The molecule has 1 aromatic heterocycles. The molecule has 0 spiro atoms. The van der Waals surface area contributed by atoms with E-state index in [1.165, 1.54) is 6.07 Å². The second-order valence-corrected chi connectivity index (χ2v) is 6.11. The van der Waals surface area contributed by atoms with Gasteiger partial charge in [0.2, 0.25) is 5.56 Å². The second-order valence-electron chi connectivity index (χ2n) is 6.11. The maximum absolute atomic E-state index is 12.5. The summed E-state index contributed by atoms with van der Waals surface area (Å²) in [6, 6.07) is 14.5. The summed E-state index contributed by atoms with van der Waals surface area (Å²) in [5.41, 5.74) is 3.20. The molecule has 1 amide bonds. The summed E-state index contributed by atoms with van der Waals surface area (Å²) in [5.74, 6) is 0.225. The van der Waals surface area contributed by atoms with Gasteiger partial charge in [0, 0.05) is 17.1 Å². The maximum atomic E-state index is 12.5. The molecule has 1 unspecified atom stereocenters. The third kappa shape index (κ3) is 3.71. The van der Waals surface area contributed by atoms with E-state index in [0.717, 1.165) is 22.2 Å². The van der Waals surface area contributed by atoms with E-state index in [2.05, 4.69) is 10.3 Å². The molecule has 2 N–H and O–H groups in total. The van der Waals surface area contributed by atoms with E-state index in [0.29, 0.717) is 11.3 Å². The van der Waals surface area contributed by atoms with Crippen LogP contribution in [-0.4, -0.2) is 17.0 Å². The summed E-state index contributed by atoms with van der Waals surface area (Å²) in [5, 5.41) is 3.74. The Balaban J connectivity index is 1.81. The average molecular weight is 336 g/mol. The monoisotopic (exact) mass is 336 g/mol. The lowest BCUT2D eigenvalue weighted by atomic mass is 10.1. The molecule has 3 aromatic rings. The van der Waals surface area contributed by atoms with Gasteiger partial charge in [-0.25, -0.2) is 0 Å². The van der Waals surface area contributed by atoms with Crippen molar-refractivity contribution in [2.75, 3.05) is 5.32 Å². The predicted molar refractivity (Wildman–Crippen MR) is 99.2 cm³/mol. The molecule has 0 aliphatic heterocycles. The molecule has 128 valence electrons. The summed E-state index contributed by atoms with van der Waals surface area (Å²) in [4.78, 5) is 26.8. The number of ether oxygens (including phenoxy) is 1. The van der Waals surface area contributed by atoms with Crippen molar-refractivity contribution < 1.29 is 9.53 Å². The van der Waals surface area contributed by atoms with Crippen molar-refractivity contribution in [2.24, 2.45) is 0 Å². The molecule has 2 aromatic carbocycles. The van der Waals surface area contributed by atoms with Crippen molar-refractivity contribution >= 4 is 22.5 Å². The minimum atomic E-state index is -0.714. The average Bonchev–Trinajstić information content (AvgIpc) is 2.58. The Morgan fingerprint density at radius 1 is 1.12 bits per heavy atom. The summed E-state index contributed by atoms with van der Waals surface area (Å²) in [7, 11) is 0. The Morgan fingerprint density at radius 2 is 1.92 bits per heavy atom. The lowest BCUT2D eigenvalue weighted by Crippen LogP contribution is -2.30. The molecular formula is C20H20N2O3. The smallest absolute Gasteiger partial charge is 0.265 e. The zero-order valence-corrected chi connectivity index (χ0v) is 14.4. The van der Waals surface area contributed by atoms with Gasteiger partial charge >= 0.3 is 0 Å². The van der Waals surface area contributed by atoms with Crippen molar-refractivity contribution in [1.82, 2.24) is 4.98 Å². The molecule has 5 nitrogen and oxygen atoms in total. The molecule has 0 saturated heterocycles. The van der Waals surface area contributed by atoms with Crippen LogP contribution in [0.1, 0.15) is 18.1 Å². The molecular weight excluding hydrogens is 316 g/mol. The number of fused-ring (bicyclic) bond motifs is 1. The van der Waals surface area contributed by atoms with Crippen LogP contribution in [0, 0.1) is 13.8 Å². The molecule has 0 aliphatic carbocycles. The van der Waals surface area contributed by atoms with Crippen LogP contribution in [0.5, 0.6) is 5.75 Å². The minimum Gasteiger partial charge on any atom is -0.479 e. The van der Waals surface area contributed by atoms with E-state index in [9.17, 15) is 9.59 Å². The highest BCUT2D eigenvalue weighted by atomic mass is 16.5. The highest BCUT2D eigenvalue weighted by Gasteiger charge is 2.17. The molecule has 1 heterocycles. The fourth-order valence-electron chi connectivity index (χ4n) is 2.60. The molecule has 0 aliphatic rings. The van der Waals surface area contributed by atoms with Gasteiger partial charge in [0.05, 0.1) is 5.52 Å². The molecule has 0 saturated carbocycles. The summed E-state index contributed by atoms with van der Waals surface area (Å²) in [6.07, 6.45) is -0.714. The van der Waals surface area contributed by atoms with Gasteiger partial charge in [0.15, 0.2) is 6.10 Å². The first-order chi connectivity index (χ1) is 11.9. The first kappa shape index (κ1) is 16.8. The van der Waals surface area contributed by atoms with Crippen LogP contribution >= 0.6 is 0 Å². The fourth-order valence-corrected chi connectivity index (χ4v) is 2.60. The van der Waals surface area contributed by atoms with Gasteiger partial charge in [-0.3, -0.25) is 9.59 Å².